The maximum Gasteiger partial charge on any atom is 0.0596 e. The van der Waals surface area contributed by atoms with Gasteiger partial charge in [0.25, 0.3) is 0 Å². The normalized spacial score (nSPS) is 31.6. The number of rotatable bonds is 4. The zero-order valence-electron chi connectivity index (χ0n) is 12.4. The van der Waals surface area contributed by atoms with Gasteiger partial charge in [0, 0.05) is 24.2 Å². The van der Waals surface area contributed by atoms with Crippen LogP contribution in [0.1, 0.15) is 56.8 Å². The number of hydrogen-bond donors (Lipinski definition) is 1. The molecule has 1 aromatic heterocycles. The van der Waals surface area contributed by atoms with E-state index in [1.54, 1.807) is 0 Å². The van der Waals surface area contributed by atoms with Crippen LogP contribution < -0.4 is 5.73 Å². The molecule has 19 heavy (non-hydrogen) atoms. The van der Waals surface area contributed by atoms with E-state index in [2.05, 4.69) is 29.7 Å². The van der Waals surface area contributed by atoms with Crippen molar-refractivity contribution in [3.8, 4) is 0 Å². The summed E-state index contributed by atoms with van der Waals surface area (Å²) in [5, 5.41) is 4.55. The van der Waals surface area contributed by atoms with Gasteiger partial charge >= 0.3 is 0 Å². The van der Waals surface area contributed by atoms with Crippen LogP contribution >= 0.6 is 0 Å². The first kappa shape index (κ1) is 13.2. The standard InChI is InChI=1S/C16H27N3/c1-3-19-15(9-12(2)18-19)11-16(17)8-4-5-14(10-16)13-6-7-13/h9,13-14H,3-8,10-11,17H2,1-2H3. The van der Waals surface area contributed by atoms with E-state index in [1.807, 2.05) is 0 Å². The molecule has 2 fully saturated rings. The number of aromatic nitrogens is 2. The Morgan fingerprint density at radius 1 is 1.37 bits per heavy atom. The van der Waals surface area contributed by atoms with E-state index in [-0.39, 0.29) is 5.54 Å². The minimum absolute atomic E-state index is 0.0188. The zero-order valence-corrected chi connectivity index (χ0v) is 12.4. The summed E-state index contributed by atoms with van der Waals surface area (Å²) in [7, 11) is 0. The molecule has 0 aliphatic heterocycles. The number of nitrogens with two attached hydrogens (primary N) is 1. The van der Waals surface area contributed by atoms with Crippen LogP contribution in [0.5, 0.6) is 0 Å². The van der Waals surface area contributed by atoms with Crippen LogP contribution in [0.4, 0.5) is 0 Å². The molecule has 106 valence electrons. The van der Waals surface area contributed by atoms with Crippen molar-refractivity contribution in [1.29, 1.82) is 0 Å². The lowest BCUT2D eigenvalue weighted by molar-refractivity contribution is 0.201. The van der Waals surface area contributed by atoms with Crippen molar-refractivity contribution in [1.82, 2.24) is 9.78 Å². The fraction of sp³-hybridized carbons (Fsp3) is 0.812. The highest BCUT2D eigenvalue weighted by atomic mass is 15.3. The van der Waals surface area contributed by atoms with E-state index in [1.165, 1.54) is 44.2 Å². The van der Waals surface area contributed by atoms with Crippen LogP contribution in [0.25, 0.3) is 0 Å². The SMILES string of the molecule is CCn1nc(C)cc1CC1(N)CCCC(C2CC2)C1. The van der Waals surface area contributed by atoms with Crippen molar-refractivity contribution in [3.63, 3.8) is 0 Å². The second-order valence-electron chi connectivity index (χ2n) is 6.83. The highest BCUT2D eigenvalue weighted by Crippen LogP contribution is 2.46. The molecule has 2 N–H and O–H groups in total. The maximum absolute atomic E-state index is 6.74. The Labute approximate surface area is 116 Å². The summed E-state index contributed by atoms with van der Waals surface area (Å²) in [4.78, 5) is 0. The molecule has 0 bridgehead atoms. The van der Waals surface area contributed by atoms with Gasteiger partial charge in [0.05, 0.1) is 5.69 Å². The summed E-state index contributed by atoms with van der Waals surface area (Å²) in [5.74, 6) is 1.90. The second kappa shape index (κ2) is 4.93. The maximum atomic E-state index is 6.74. The first-order valence-electron chi connectivity index (χ1n) is 7.92. The molecule has 0 radical (unpaired) electrons. The minimum Gasteiger partial charge on any atom is -0.325 e. The molecule has 0 spiro atoms. The molecule has 1 heterocycles. The van der Waals surface area contributed by atoms with Crippen LogP contribution in [-0.4, -0.2) is 15.3 Å². The van der Waals surface area contributed by atoms with Gasteiger partial charge in [-0.3, -0.25) is 4.68 Å². The van der Waals surface area contributed by atoms with Crippen molar-refractivity contribution in [3.05, 3.63) is 17.5 Å². The van der Waals surface area contributed by atoms with Gasteiger partial charge in [-0.25, -0.2) is 0 Å². The Morgan fingerprint density at radius 2 is 2.16 bits per heavy atom. The molecule has 3 rings (SSSR count). The highest BCUT2D eigenvalue weighted by molar-refractivity contribution is 5.13. The molecular weight excluding hydrogens is 234 g/mol. The van der Waals surface area contributed by atoms with E-state index in [4.69, 9.17) is 5.73 Å². The van der Waals surface area contributed by atoms with Crippen LogP contribution in [0, 0.1) is 18.8 Å². The fourth-order valence-electron chi connectivity index (χ4n) is 3.95. The lowest BCUT2D eigenvalue weighted by Gasteiger charge is -2.38. The third-order valence-corrected chi connectivity index (χ3v) is 5.03. The molecule has 2 saturated carbocycles. The van der Waals surface area contributed by atoms with E-state index in [9.17, 15) is 0 Å². The molecule has 2 atom stereocenters. The third kappa shape index (κ3) is 2.86. The molecule has 2 aliphatic rings. The zero-order chi connectivity index (χ0) is 13.5. The topological polar surface area (TPSA) is 43.8 Å². The Morgan fingerprint density at radius 3 is 2.84 bits per heavy atom. The Bertz CT molecular complexity index is 447. The first-order chi connectivity index (χ1) is 9.09. The molecule has 1 aromatic rings. The predicted molar refractivity (Wildman–Crippen MR) is 77.9 cm³/mol. The van der Waals surface area contributed by atoms with Crippen molar-refractivity contribution in [2.45, 2.75) is 70.9 Å². The summed E-state index contributed by atoms with van der Waals surface area (Å²) in [5.41, 5.74) is 9.21. The van der Waals surface area contributed by atoms with Crippen molar-refractivity contribution in [2.75, 3.05) is 0 Å². The summed E-state index contributed by atoms with van der Waals surface area (Å²) in [6, 6.07) is 2.22. The summed E-state index contributed by atoms with van der Waals surface area (Å²) in [6.45, 7) is 5.19. The van der Waals surface area contributed by atoms with Gasteiger partial charge in [0.1, 0.15) is 0 Å². The van der Waals surface area contributed by atoms with Gasteiger partial charge in [-0.2, -0.15) is 5.10 Å². The van der Waals surface area contributed by atoms with Crippen LogP contribution in [0.2, 0.25) is 0 Å². The highest BCUT2D eigenvalue weighted by Gasteiger charge is 2.40. The van der Waals surface area contributed by atoms with Crippen molar-refractivity contribution in [2.24, 2.45) is 17.6 Å². The van der Waals surface area contributed by atoms with Gasteiger partial charge in [-0.1, -0.05) is 12.8 Å². The number of hydrogen-bond acceptors (Lipinski definition) is 2. The number of nitrogens with zero attached hydrogens (tertiary/aromatic N) is 2. The quantitative estimate of drug-likeness (QED) is 0.905. The van der Waals surface area contributed by atoms with Gasteiger partial charge < -0.3 is 5.73 Å². The molecular formula is C16H27N3. The van der Waals surface area contributed by atoms with E-state index >= 15 is 0 Å². The summed E-state index contributed by atoms with van der Waals surface area (Å²) < 4.78 is 2.13. The largest absolute Gasteiger partial charge is 0.325 e. The molecule has 0 amide bonds. The summed E-state index contributed by atoms with van der Waals surface area (Å²) >= 11 is 0. The van der Waals surface area contributed by atoms with E-state index in [0.29, 0.717) is 0 Å². The molecule has 0 aromatic carbocycles. The van der Waals surface area contributed by atoms with Crippen molar-refractivity contribution >= 4 is 0 Å². The smallest absolute Gasteiger partial charge is 0.0596 e. The van der Waals surface area contributed by atoms with E-state index < -0.39 is 0 Å². The minimum atomic E-state index is 0.0188. The lowest BCUT2D eigenvalue weighted by atomic mass is 9.72. The molecule has 3 nitrogen and oxygen atoms in total. The Balaban J connectivity index is 1.72. The lowest BCUT2D eigenvalue weighted by Crippen LogP contribution is -2.47. The molecule has 3 heteroatoms. The third-order valence-electron chi connectivity index (χ3n) is 5.03. The monoisotopic (exact) mass is 261 g/mol. The van der Waals surface area contributed by atoms with Gasteiger partial charge in [0.15, 0.2) is 0 Å². The second-order valence-corrected chi connectivity index (χ2v) is 6.83. The first-order valence-corrected chi connectivity index (χ1v) is 7.92. The molecule has 2 aliphatic carbocycles. The van der Waals surface area contributed by atoms with Crippen LogP contribution in [-0.2, 0) is 13.0 Å². The van der Waals surface area contributed by atoms with Gasteiger partial charge in [0.2, 0.25) is 0 Å². The summed E-state index contributed by atoms with van der Waals surface area (Å²) in [6.07, 6.45) is 9.05. The number of aryl methyl sites for hydroxylation is 2. The average molecular weight is 261 g/mol. The Kier molecular flexibility index (Phi) is 3.42. The average Bonchev–Trinajstić information content (AvgIpc) is 3.14. The van der Waals surface area contributed by atoms with Crippen molar-refractivity contribution < 1.29 is 0 Å². The van der Waals surface area contributed by atoms with E-state index in [0.717, 1.165) is 30.5 Å². The molecule has 2 unspecified atom stereocenters. The van der Waals surface area contributed by atoms with Crippen LogP contribution in [0.3, 0.4) is 0 Å². The predicted octanol–water partition coefficient (Wildman–Crippen LogP) is 3.05. The van der Waals surface area contributed by atoms with Crippen LogP contribution in [0.15, 0.2) is 6.07 Å². The van der Waals surface area contributed by atoms with Gasteiger partial charge in [-0.15, -0.1) is 0 Å². The fourth-order valence-corrected chi connectivity index (χ4v) is 3.95. The molecule has 0 saturated heterocycles. The Hall–Kier alpha value is -0.830. The van der Waals surface area contributed by atoms with Gasteiger partial charge in [-0.05, 0) is 57.4 Å².